The Bertz CT molecular complexity index is 1090. The van der Waals surface area contributed by atoms with Crippen molar-refractivity contribution >= 4 is 0 Å². The summed E-state index contributed by atoms with van der Waals surface area (Å²) in [5.74, 6) is -1.91. The smallest absolute Gasteiger partial charge is 0.167 e. The molecule has 4 heteroatoms. The molecule has 2 aliphatic carbocycles. The zero-order chi connectivity index (χ0) is 28.5. The number of unbranched alkanes of at least 4 members (excludes halogenated alkanes) is 7. The number of benzene rings is 2. The highest BCUT2D eigenvalue weighted by molar-refractivity contribution is 5.67. The van der Waals surface area contributed by atoms with Crippen LogP contribution in [0, 0.1) is 41.0 Å². The van der Waals surface area contributed by atoms with Crippen molar-refractivity contribution in [2.75, 3.05) is 0 Å². The van der Waals surface area contributed by atoms with Crippen LogP contribution in [-0.4, -0.2) is 0 Å². The van der Waals surface area contributed by atoms with E-state index in [0.717, 1.165) is 56.4 Å². The lowest BCUT2D eigenvalue weighted by atomic mass is 9.79. The van der Waals surface area contributed by atoms with Crippen LogP contribution < -0.4 is 0 Å². The Hall–Kier alpha value is -1.84. The zero-order valence-corrected chi connectivity index (χ0v) is 24.9. The highest BCUT2D eigenvalue weighted by Crippen LogP contribution is 2.38. The van der Waals surface area contributed by atoms with Crippen molar-refractivity contribution in [3.63, 3.8) is 0 Å². The maximum Gasteiger partial charge on any atom is 0.167 e. The Balaban J connectivity index is 1.28. The van der Waals surface area contributed by atoms with E-state index >= 15 is 13.2 Å². The van der Waals surface area contributed by atoms with Crippen LogP contribution in [0.4, 0.5) is 17.6 Å². The molecule has 2 unspecified atom stereocenters. The zero-order valence-electron chi connectivity index (χ0n) is 24.9. The summed E-state index contributed by atoms with van der Waals surface area (Å²) in [6.07, 6.45) is 20.9. The van der Waals surface area contributed by atoms with Gasteiger partial charge < -0.3 is 0 Å². The molecule has 0 amide bonds. The topological polar surface area (TPSA) is 0 Å². The fraction of sp³-hybridized carbons (Fsp3) is 0.667. The molecule has 0 spiro atoms. The van der Waals surface area contributed by atoms with Crippen molar-refractivity contribution < 1.29 is 17.6 Å². The molecular formula is C36H50F4. The Kier molecular flexibility index (Phi) is 12.0. The van der Waals surface area contributed by atoms with Crippen LogP contribution in [0.5, 0.6) is 0 Å². The first-order chi connectivity index (χ1) is 19.4. The number of halogens is 4. The van der Waals surface area contributed by atoms with Crippen molar-refractivity contribution in [3.8, 4) is 11.1 Å². The van der Waals surface area contributed by atoms with E-state index in [1.807, 2.05) is 0 Å². The summed E-state index contributed by atoms with van der Waals surface area (Å²) in [6.45, 7) is 4.35. The van der Waals surface area contributed by atoms with Crippen LogP contribution in [0.25, 0.3) is 11.1 Å². The van der Waals surface area contributed by atoms with Crippen molar-refractivity contribution in [1.29, 1.82) is 0 Å². The number of hydrogen-bond donors (Lipinski definition) is 0. The van der Waals surface area contributed by atoms with E-state index in [4.69, 9.17) is 0 Å². The second-order valence-electron chi connectivity index (χ2n) is 13.0. The summed E-state index contributed by atoms with van der Waals surface area (Å²) in [5.41, 5.74) is 1.14. The summed E-state index contributed by atoms with van der Waals surface area (Å²) in [5, 5.41) is 0. The second-order valence-corrected chi connectivity index (χ2v) is 13.0. The quantitative estimate of drug-likeness (QED) is 0.134. The van der Waals surface area contributed by atoms with Gasteiger partial charge in [0.05, 0.1) is 0 Å². The third-order valence-electron chi connectivity index (χ3n) is 9.68. The van der Waals surface area contributed by atoms with Crippen molar-refractivity contribution in [2.24, 2.45) is 17.8 Å². The predicted octanol–water partition coefficient (Wildman–Crippen LogP) is 11.7. The molecule has 222 valence electrons. The van der Waals surface area contributed by atoms with E-state index in [1.54, 1.807) is 6.07 Å². The van der Waals surface area contributed by atoms with Gasteiger partial charge in [-0.25, -0.2) is 17.6 Å². The lowest BCUT2D eigenvalue weighted by Crippen LogP contribution is -2.17. The van der Waals surface area contributed by atoms with Gasteiger partial charge in [0.15, 0.2) is 23.3 Å². The van der Waals surface area contributed by atoms with Crippen LogP contribution in [0.1, 0.15) is 133 Å². The first kappa shape index (κ1) is 31.1. The molecule has 0 N–H and O–H groups in total. The van der Waals surface area contributed by atoms with Gasteiger partial charge in [0.25, 0.3) is 0 Å². The number of fused-ring (bicyclic) bond motifs is 1. The van der Waals surface area contributed by atoms with E-state index in [1.165, 1.54) is 69.9 Å². The standard InChI is InChI=1S/C36H50F4/c1-3-25(2)13-11-12-16-28-21-22-30(34(38)33(28)37)32-24-29-20-19-27(23-31(29)35(39)36(32)40)15-10-8-6-4-5-7-9-14-26-17-18-26/h21-22,24-27H,3-20,23H2,1-2H3. The normalized spacial score (nSPS) is 17.7. The van der Waals surface area contributed by atoms with E-state index in [-0.39, 0.29) is 11.1 Å². The first-order valence-electron chi connectivity index (χ1n) is 16.4. The summed E-state index contributed by atoms with van der Waals surface area (Å²) < 4.78 is 60.5. The molecule has 0 radical (unpaired) electrons. The van der Waals surface area contributed by atoms with E-state index in [0.29, 0.717) is 42.2 Å². The average Bonchev–Trinajstić information content (AvgIpc) is 3.79. The molecule has 2 aromatic carbocycles. The number of aryl methyl sites for hydroxylation is 2. The molecule has 0 heterocycles. The van der Waals surface area contributed by atoms with Gasteiger partial charge in [-0.05, 0) is 72.6 Å². The van der Waals surface area contributed by atoms with Gasteiger partial charge in [0, 0.05) is 11.1 Å². The Morgan fingerprint density at radius 3 is 2.02 bits per heavy atom. The maximum absolute atomic E-state index is 15.3. The van der Waals surface area contributed by atoms with E-state index < -0.39 is 23.3 Å². The van der Waals surface area contributed by atoms with Crippen molar-refractivity contribution in [2.45, 2.75) is 136 Å². The highest BCUT2D eigenvalue weighted by atomic mass is 19.2. The van der Waals surface area contributed by atoms with Gasteiger partial charge >= 0.3 is 0 Å². The van der Waals surface area contributed by atoms with Gasteiger partial charge in [-0.1, -0.05) is 116 Å². The molecule has 0 nitrogen and oxygen atoms in total. The van der Waals surface area contributed by atoms with Crippen molar-refractivity contribution in [1.82, 2.24) is 0 Å². The summed E-state index contributed by atoms with van der Waals surface area (Å²) >= 11 is 0. The minimum atomic E-state index is -1.07. The van der Waals surface area contributed by atoms with Gasteiger partial charge in [-0.3, -0.25) is 0 Å². The van der Waals surface area contributed by atoms with Gasteiger partial charge in [-0.2, -0.15) is 0 Å². The van der Waals surface area contributed by atoms with Crippen LogP contribution >= 0.6 is 0 Å². The average molecular weight is 559 g/mol. The third-order valence-corrected chi connectivity index (χ3v) is 9.68. The van der Waals surface area contributed by atoms with Crippen LogP contribution in [-0.2, 0) is 19.3 Å². The molecule has 2 aromatic rings. The summed E-state index contributed by atoms with van der Waals surface area (Å²) in [6, 6.07) is 4.53. The minimum Gasteiger partial charge on any atom is -0.203 e. The molecule has 4 rings (SSSR count). The third kappa shape index (κ3) is 8.58. The van der Waals surface area contributed by atoms with Gasteiger partial charge in [0.2, 0.25) is 0 Å². The maximum atomic E-state index is 15.3. The molecule has 40 heavy (non-hydrogen) atoms. The lowest BCUT2D eigenvalue weighted by molar-refractivity contribution is 0.388. The Labute approximate surface area is 240 Å². The summed E-state index contributed by atoms with van der Waals surface area (Å²) in [7, 11) is 0. The van der Waals surface area contributed by atoms with Crippen LogP contribution in [0.15, 0.2) is 18.2 Å². The van der Waals surface area contributed by atoms with Crippen LogP contribution in [0.3, 0.4) is 0 Å². The molecule has 0 aromatic heterocycles. The molecule has 0 aliphatic heterocycles. The molecular weight excluding hydrogens is 508 g/mol. The Morgan fingerprint density at radius 1 is 0.700 bits per heavy atom. The molecule has 2 aliphatic rings. The molecule has 2 atom stereocenters. The SMILES string of the molecule is CCC(C)CCCCc1ccc(-c2cc3c(c(F)c2F)CC(CCCCCCCCCC2CC2)CC3)c(F)c1F. The largest absolute Gasteiger partial charge is 0.203 e. The van der Waals surface area contributed by atoms with E-state index in [9.17, 15) is 4.39 Å². The fourth-order valence-corrected chi connectivity index (χ4v) is 6.51. The highest BCUT2D eigenvalue weighted by Gasteiger charge is 2.27. The molecule has 1 fully saturated rings. The lowest BCUT2D eigenvalue weighted by Gasteiger charge is -2.26. The first-order valence-corrected chi connectivity index (χ1v) is 16.4. The molecule has 0 bridgehead atoms. The van der Waals surface area contributed by atoms with Gasteiger partial charge in [0.1, 0.15) is 0 Å². The second kappa shape index (κ2) is 15.4. The molecule has 0 saturated heterocycles. The fourth-order valence-electron chi connectivity index (χ4n) is 6.51. The predicted molar refractivity (Wildman–Crippen MR) is 159 cm³/mol. The van der Waals surface area contributed by atoms with E-state index in [2.05, 4.69) is 13.8 Å². The van der Waals surface area contributed by atoms with Crippen molar-refractivity contribution in [3.05, 3.63) is 58.2 Å². The Morgan fingerprint density at radius 2 is 1.35 bits per heavy atom. The molecule has 1 saturated carbocycles. The van der Waals surface area contributed by atoms with Gasteiger partial charge in [-0.15, -0.1) is 0 Å². The summed E-state index contributed by atoms with van der Waals surface area (Å²) in [4.78, 5) is 0. The minimum absolute atomic E-state index is 0.161. The van der Waals surface area contributed by atoms with Crippen LogP contribution in [0.2, 0.25) is 0 Å². The number of hydrogen-bond acceptors (Lipinski definition) is 0. The monoisotopic (exact) mass is 558 g/mol. The number of rotatable bonds is 17.